The summed E-state index contributed by atoms with van der Waals surface area (Å²) in [5.74, 6) is 0.596. The van der Waals surface area contributed by atoms with E-state index in [1.165, 1.54) is 0 Å². The molecule has 0 atom stereocenters. The van der Waals surface area contributed by atoms with Gasteiger partial charge >= 0.3 is 0 Å². The Hall–Kier alpha value is -1.35. The fourth-order valence-corrected chi connectivity index (χ4v) is 0.928. The molecule has 0 fully saturated rings. The molecule has 70 valence electrons. The molecular formula is C10H13NO2. The zero-order valence-electron chi connectivity index (χ0n) is 7.82. The summed E-state index contributed by atoms with van der Waals surface area (Å²) >= 11 is 0. The van der Waals surface area contributed by atoms with Gasteiger partial charge in [0.2, 0.25) is 5.88 Å². The molecule has 0 aliphatic carbocycles. The van der Waals surface area contributed by atoms with Crippen molar-refractivity contribution in [3.8, 4) is 5.88 Å². The lowest BCUT2D eigenvalue weighted by molar-refractivity contribution is 0.332. The molecule has 1 heterocycles. The molecule has 0 aromatic carbocycles. The molecule has 0 radical (unpaired) electrons. The summed E-state index contributed by atoms with van der Waals surface area (Å²) in [7, 11) is 1.58. The first-order chi connectivity index (χ1) is 6.26. The molecule has 3 nitrogen and oxygen atoms in total. The molecule has 0 bridgehead atoms. The average Bonchev–Trinajstić information content (AvgIpc) is 2.19. The molecule has 0 amide bonds. The third-order valence-corrected chi connectivity index (χ3v) is 1.63. The van der Waals surface area contributed by atoms with Crippen molar-refractivity contribution in [3.05, 3.63) is 29.5 Å². The monoisotopic (exact) mass is 179 g/mol. The molecule has 3 heteroatoms. The van der Waals surface area contributed by atoms with Crippen LogP contribution in [0.25, 0.3) is 6.08 Å². The third kappa shape index (κ3) is 2.87. The number of methoxy groups -OCH3 is 1. The quantitative estimate of drug-likeness (QED) is 0.764. The molecular weight excluding hydrogens is 166 g/mol. The van der Waals surface area contributed by atoms with Crippen LogP contribution in [0.15, 0.2) is 23.9 Å². The van der Waals surface area contributed by atoms with E-state index in [0.29, 0.717) is 5.88 Å². The topological polar surface area (TPSA) is 42.4 Å². The summed E-state index contributed by atoms with van der Waals surface area (Å²) < 4.78 is 4.92. The highest BCUT2D eigenvalue weighted by atomic mass is 16.5. The molecule has 0 aliphatic rings. The van der Waals surface area contributed by atoms with E-state index in [-0.39, 0.29) is 6.61 Å². The highest BCUT2D eigenvalue weighted by Gasteiger charge is 1.92. The van der Waals surface area contributed by atoms with Gasteiger partial charge in [-0.2, -0.15) is 0 Å². The van der Waals surface area contributed by atoms with E-state index in [0.717, 1.165) is 11.1 Å². The first-order valence-electron chi connectivity index (χ1n) is 4.04. The van der Waals surface area contributed by atoms with Gasteiger partial charge in [0, 0.05) is 12.3 Å². The maximum Gasteiger partial charge on any atom is 0.212 e. The molecule has 0 saturated heterocycles. The van der Waals surface area contributed by atoms with Crippen LogP contribution in [-0.2, 0) is 0 Å². The van der Waals surface area contributed by atoms with E-state index in [4.69, 9.17) is 9.84 Å². The first-order valence-corrected chi connectivity index (χ1v) is 4.04. The van der Waals surface area contributed by atoms with E-state index in [1.807, 2.05) is 19.1 Å². The van der Waals surface area contributed by atoms with Crippen LogP contribution in [0.4, 0.5) is 0 Å². The minimum Gasteiger partial charge on any atom is -0.481 e. The zero-order valence-corrected chi connectivity index (χ0v) is 7.82. The van der Waals surface area contributed by atoms with E-state index in [1.54, 1.807) is 19.4 Å². The molecule has 0 unspecified atom stereocenters. The van der Waals surface area contributed by atoms with E-state index in [2.05, 4.69) is 4.98 Å². The van der Waals surface area contributed by atoms with Crippen molar-refractivity contribution in [2.24, 2.45) is 0 Å². The number of hydrogen-bond acceptors (Lipinski definition) is 3. The van der Waals surface area contributed by atoms with Gasteiger partial charge in [0.05, 0.1) is 13.7 Å². The zero-order chi connectivity index (χ0) is 9.68. The van der Waals surface area contributed by atoms with E-state index >= 15 is 0 Å². The molecule has 0 aliphatic heterocycles. The molecule has 1 N–H and O–H groups in total. The van der Waals surface area contributed by atoms with Crippen LogP contribution < -0.4 is 4.74 Å². The number of nitrogens with zero attached hydrogens (tertiary/aromatic N) is 1. The maximum absolute atomic E-state index is 8.78. The van der Waals surface area contributed by atoms with Gasteiger partial charge in [-0.25, -0.2) is 4.98 Å². The van der Waals surface area contributed by atoms with Crippen LogP contribution in [0, 0.1) is 0 Å². The average molecular weight is 179 g/mol. The number of aliphatic hydroxyl groups is 1. The van der Waals surface area contributed by atoms with Gasteiger partial charge in [-0.1, -0.05) is 6.08 Å². The standard InChI is InChI=1S/C10H13NO2/c1-8(7-12)5-9-3-4-10(13-2)11-6-9/h3-6,12H,7H2,1-2H3/b8-5-. The normalized spacial score (nSPS) is 11.5. The minimum absolute atomic E-state index is 0.0754. The van der Waals surface area contributed by atoms with E-state index in [9.17, 15) is 0 Å². The molecule has 0 saturated carbocycles. The number of ether oxygens (including phenoxy) is 1. The Labute approximate surface area is 77.7 Å². The number of hydrogen-bond donors (Lipinski definition) is 1. The Kier molecular flexibility index (Phi) is 3.46. The molecule has 1 aromatic rings. The summed E-state index contributed by atoms with van der Waals surface area (Å²) in [6, 6.07) is 3.68. The number of aliphatic hydroxyl groups excluding tert-OH is 1. The number of aromatic nitrogens is 1. The SMILES string of the molecule is COc1ccc(/C=C(/C)CO)cn1. The molecule has 13 heavy (non-hydrogen) atoms. The van der Waals surface area contributed by atoms with Crippen LogP contribution in [0.5, 0.6) is 5.88 Å². The van der Waals surface area contributed by atoms with Crippen molar-refractivity contribution >= 4 is 6.08 Å². The second kappa shape index (κ2) is 4.62. The lowest BCUT2D eigenvalue weighted by atomic mass is 10.2. The third-order valence-electron chi connectivity index (χ3n) is 1.63. The summed E-state index contributed by atoms with van der Waals surface area (Å²) in [4.78, 5) is 4.04. The first kappa shape index (κ1) is 9.74. The molecule has 1 aromatic heterocycles. The molecule has 0 spiro atoms. The van der Waals surface area contributed by atoms with Gasteiger partial charge in [-0.15, -0.1) is 0 Å². The van der Waals surface area contributed by atoms with Gasteiger partial charge in [0.1, 0.15) is 0 Å². The van der Waals surface area contributed by atoms with Crippen molar-refractivity contribution in [1.29, 1.82) is 0 Å². The van der Waals surface area contributed by atoms with Crippen molar-refractivity contribution < 1.29 is 9.84 Å². The highest BCUT2D eigenvalue weighted by Crippen LogP contribution is 2.09. The number of pyridine rings is 1. The van der Waals surface area contributed by atoms with Crippen LogP contribution in [-0.4, -0.2) is 23.8 Å². The smallest absolute Gasteiger partial charge is 0.212 e. The summed E-state index contributed by atoms with van der Waals surface area (Å²) in [5.41, 5.74) is 1.87. The highest BCUT2D eigenvalue weighted by molar-refractivity contribution is 5.51. The lowest BCUT2D eigenvalue weighted by Gasteiger charge is -1.99. The Morgan fingerprint density at radius 1 is 1.62 bits per heavy atom. The fourth-order valence-electron chi connectivity index (χ4n) is 0.928. The molecule has 1 rings (SSSR count). The largest absolute Gasteiger partial charge is 0.481 e. The Balaban J connectivity index is 2.80. The Bertz CT molecular complexity index is 290. The van der Waals surface area contributed by atoms with Crippen LogP contribution in [0.1, 0.15) is 12.5 Å². The lowest BCUT2D eigenvalue weighted by Crippen LogP contribution is -1.88. The minimum atomic E-state index is 0.0754. The number of rotatable bonds is 3. The second-order valence-electron chi connectivity index (χ2n) is 2.78. The van der Waals surface area contributed by atoms with Crippen molar-refractivity contribution in [2.75, 3.05) is 13.7 Å². The fraction of sp³-hybridized carbons (Fsp3) is 0.300. The van der Waals surface area contributed by atoms with Gasteiger partial charge in [0.15, 0.2) is 0 Å². The van der Waals surface area contributed by atoms with Gasteiger partial charge < -0.3 is 9.84 Å². The summed E-state index contributed by atoms with van der Waals surface area (Å²) in [5, 5.41) is 8.78. The van der Waals surface area contributed by atoms with Crippen LogP contribution in [0.2, 0.25) is 0 Å². The second-order valence-corrected chi connectivity index (χ2v) is 2.78. The Morgan fingerprint density at radius 3 is 2.85 bits per heavy atom. The Morgan fingerprint density at radius 2 is 2.38 bits per heavy atom. The maximum atomic E-state index is 8.78. The van der Waals surface area contributed by atoms with Gasteiger partial charge in [-0.3, -0.25) is 0 Å². The van der Waals surface area contributed by atoms with Gasteiger partial charge in [0.25, 0.3) is 0 Å². The predicted molar refractivity (Wildman–Crippen MR) is 51.5 cm³/mol. The summed E-state index contributed by atoms with van der Waals surface area (Å²) in [6.45, 7) is 1.94. The summed E-state index contributed by atoms with van der Waals surface area (Å²) in [6.07, 6.45) is 3.59. The predicted octanol–water partition coefficient (Wildman–Crippen LogP) is 1.49. The van der Waals surface area contributed by atoms with Crippen LogP contribution in [0.3, 0.4) is 0 Å². The van der Waals surface area contributed by atoms with E-state index < -0.39 is 0 Å². The van der Waals surface area contributed by atoms with Crippen molar-refractivity contribution in [1.82, 2.24) is 4.98 Å². The van der Waals surface area contributed by atoms with Gasteiger partial charge in [-0.05, 0) is 24.1 Å². The van der Waals surface area contributed by atoms with Crippen molar-refractivity contribution in [3.63, 3.8) is 0 Å². The van der Waals surface area contributed by atoms with Crippen LogP contribution >= 0.6 is 0 Å². The van der Waals surface area contributed by atoms with Crippen molar-refractivity contribution in [2.45, 2.75) is 6.92 Å².